The van der Waals surface area contributed by atoms with Gasteiger partial charge in [-0.3, -0.25) is 19.9 Å². The number of rotatable bonds is 16. The summed E-state index contributed by atoms with van der Waals surface area (Å²) in [6, 6.07) is 13.4. The number of aliphatic imine (C=N–C) groups is 1. The van der Waals surface area contributed by atoms with Crippen molar-refractivity contribution in [1.82, 2.24) is 5.32 Å². The number of unbranched alkanes of at least 4 members (excludes halogenated alkanes) is 2. The first kappa shape index (κ1) is 33.2. The Balaban J connectivity index is 1.62. The third-order valence-electron chi connectivity index (χ3n) is 7.05. The lowest BCUT2D eigenvalue weighted by Gasteiger charge is -2.31. The number of para-hydroxylation sites is 1. The largest absolute Gasteiger partial charge is 0.493 e. The summed E-state index contributed by atoms with van der Waals surface area (Å²) in [6.45, 7) is 4.86. The standard InChI is InChI=1S/C31H39N3O9/c1-20-27(30(36)40-3)29(28(21(2)33-20)31(37)41-4)25-17-22(34(38)39)13-14-26(25)42-16-10-6-9-15-32-18-23(35)19-43-24-11-7-5-8-12-24/h5,7-8,11-14,17,23,27,29,32,35H,6,9-10,15-16,18-19H2,1-4H3. The topological polar surface area (TPSA) is 159 Å². The van der Waals surface area contributed by atoms with Crippen LogP contribution < -0.4 is 14.8 Å². The number of aliphatic hydroxyl groups excluding tert-OH is 1. The van der Waals surface area contributed by atoms with Crippen molar-refractivity contribution in [3.63, 3.8) is 0 Å². The molecule has 0 saturated carbocycles. The maximum Gasteiger partial charge on any atom is 0.336 e. The van der Waals surface area contributed by atoms with E-state index in [9.17, 15) is 24.8 Å². The van der Waals surface area contributed by atoms with E-state index < -0.39 is 34.8 Å². The zero-order chi connectivity index (χ0) is 31.4. The molecule has 0 spiro atoms. The fourth-order valence-electron chi connectivity index (χ4n) is 4.95. The van der Waals surface area contributed by atoms with E-state index in [2.05, 4.69) is 10.3 Å². The van der Waals surface area contributed by atoms with Gasteiger partial charge in [-0.05, 0) is 57.9 Å². The summed E-state index contributed by atoms with van der Waals surface area (Å²) < 4.78 is 21.6. The van der Waals surface area contributed by atoms with E-state index in [0.717, 1.165) is 12.8 Å². The van der Waals surface area contributed by atoms with Crippen LogP contribution in [0.25, 0.3) is 0 Å². The van der Waals surface area contributed by atoms with Crippen molar-refractivity contribution < 1.29 is 38.6 Å². The van der Waals surface area contributed by atoms with Gasteiger partial charge < -0.3 is 29.4 Å². The van der Waals surface area contributed by atoms with Gasteiger partial charge in [0.2, 0.25) is 0 Å². The van der Waals surface area contributed by atoms with Crippen molar-refractivity contribution in [3.8, 4) is 11.5 Å². The van der Waals surface area contributed by atoms with Crippen molar-refractivity contribution in [3.05, 3.63) is 75.5 Å². The first-order valence-electron chi connectivity index (χ1n) is 14.1. The number of nitro groups is 1. The van der Waals surface area contributed by atoms with Gasteiger partial charge in [0.15, 0.2) is 0 Å². The number of nitro benzene ring substituents is 1. The molecule has 1 aliphatic heterocycles. The molecule has 1 aliphatic rings. The molecule has 3 atom stereocenters. The molecule has 2 aromatic carbocycles. The maximum atomic E-state index is 12.9. The van der Waals surface area contributed by atoms with Crippen LogP contribution >= 0.6 is 0 Å². The van der Waals surface area contributed by atoms with Crippen LogP contribution in [0.5, 0.6) is 11.5 Å². The molecule has 12 nitrogen and oxygen atoms in total. The molecule has 0 aromatic heterocycles. The summed E-state index contributed by atoms with van der Waals surface area (Å²) in [7, 11) is 2.45. The van der Waals surface area contributed by atoms with Gasteiger partial charge in [-0.15, -0.1) is 0 Å². The minimum absolute atomic E-state index is 0.108. The van der Waals surface area contributed by atoms with Crippen LogP contribution in [0, 0.1) is 16.0 Å². The molecule has 0 amide bonds. The molecular weight excluding hydrogens is 558 g/mol. The van der Waals surface area contributed by atoms with Gasteiger partial charge in [0, 0.05) is 41.6 Å². The number of carbonyl (C=O) groups is 2. The second-order valence-corrected chi connectivity index (χ2v) is 10.1. The Morgan fingerprint density at radius 1 is 1.05 bits per heavy atom. The zero-order valence-corrected chi connectivity index (χ0v) is 24.9. The van der Waals surface area contributed by atoms with E-state index in [-0.39, 0.29) is 17.9 Å². The van der Waals surface area contributed by atoms with Gasteiger partial charge in [-0.2, -0.15) is 0 Å². The van der Waals surface area contributed by atoms with Gasteiger partial charge in [0.25, 0.3) is 5.69 Å². The number of non-ortho nitro benzene ring substituents is 1. The van der Waals surface area contributed by atoms with E-state index in [1.807, 2.05) is 30.3 Å². The molecule has 0 bridgehead atoms. The Labute approximate surface area is 250 Å². The average molecular weight is 598 g/mol. The number of hydrogen-bond acceptors (Lipinski definition) is 11. The Hall–Kier alpha value is -4.29. The number of benzene rings is 2. The Bertz CT molecular complexity index is 1330. The van der Waals surface area contributed by atoms with Gasteiger partial charge in [0.1, 0.15) is 30.1 Å². The molecular formula is C31H39N3O9. The molecule has 0 radical (unpaired) electrons. The summed E-state index contributed by atoms with van der Waals surface area (Å²) in [5, 5.41) is 25.0. The number of nitrogens with one attached hydrogen (secondary N) is 1. The number of aliphatic hydroxyl groups is 1. The molecule has 0 fully saturated rings. The first-order chi connectivity index (χ1) is 20.7. The van der Waals surface area contributed by atoms with E-state index in [0.29, 0.717) is 54.6 Å². The van der Waals surface area contributed by atoms with Gasteiger partial charge in [-0.25, -0.2) is 4.79 Å². The SMILES string of the molecule is COC(=O)C1=C(C)N=C(C)C(C(=O)OC)C1c1cc([N+](=O)[O-])ccc1OCCCCCNCC(O)COc1ccccc1. The lowest BCUT2D eigenvalue weighted by molar-refractivity contribution is -0.385. The zero-order valence-electron chi connectivity index (χ0n) is 24.9. The van der Waals surface area contributed by atoms with Crippen LogP contribution in [0.4, 0.5) is 5.69 Å². The summed E-state index contributed by atoms with van der Waals surface area (Å²) in [6.07, 6.45) is 1.69. The highest BCUT2D eigenvalue weighted by Crippen LogP contribution is 2.44. The predicted octanol–water partition coefficient (Wildman–Crippen LogP) is 3.97. The first-order valence-corrected chi connectivity index (χ1v) is 14.1. The minimum atomic E-state index is -1.01. The fourth-order valence-corrected chi connectivity index (χ4v) is 4.95. The molecule has 12 heteroatoms. The summed E-state index contributed by atoms with van der Waals surface area (Å²) in [5.74, 6) is -2.29. The van der Waals surface area contributed by atoms with Crippen molar-refractivity contribution in [2.45, 2.75) is 45.1 Å². The Morgan fingerprint density at radius 3 is 2.47 bits per heavy atom. The van der Waals surface area contributed by atoms with E-state index in [4.69, 9.17) is 18.9 Å². The Morgan fingerprint density at radius 2 is 1.79 bits per heavy atom. The number of ether oxygens (including phenoxy) is 4. The highest BCUT2D eigenvalue weighted by Gasteiger charge is 2.43. The monoisotopic (exact) mass is 597 g/mol. The van der Waals surface area contributed by atoms with Crippen molar-refractivity contribution in [2.24, 2.45) is 10.9 Å². The molecule has 3 rings (SSSR count). The normalized spacial score (nSPS) is 17.1. The minimum Gasteiger partial charge on any atom is -0.493 e. The highest BCUT2D eigenvalue weighted by molar-refractivity contribution is 6.07. The van der Waals surface area contributed by atoms with Crippen LogP contribution in [-0.2, 0) is 19.1 Å². The van der Waals surface area contributed by atoms with Crippen molar-refractivity contribution in [2.75, 3.05) is 40.5 Å². The van der Waals surface area contributed by atoms with Gasteiger partial charge in [-0.1, -0.05) is 18.2 Å². The quantitative estimate of drug-likeness (QED) is 0.125. The molecule has 1 heterocycles. The summed E-state index contributed by atoms with van der Waals surface area (Å²) >= 11 is 0. The third kappa shape index (κ3) is 9.10. The third-order valence-corrected chi connectivity index (χ3v) is 7.05. The smallest absolute Gasteiger partial charge is 0.336 e. The molecule has 0 aliphatic carbocycles. The van der Waals surface area contributed by atoms with E-state index >= 15 is 0 Å². The summed E-state index contributed by atoms with van der Waals surface area (Å²) in [4.78, 5) is 41.3. The lowest BCUT2D eigenvalue weighted by Crippen LogP contribution is -2.36. The van der Waals surface area contributed by atoms with E-state index in [1.165, 1.54) is 32.4 Å². The second-order valence-electron chi connectivity index (χ2n) is 10.1. The number of carbonyl (C=O) groups excluding carboxylic acids is 2. The number of allylic oxidation sites excluding steroid dienone is 1. The average Bonchev–Trinajstić information content (AvgIpc) is 3.00. The highest BCUT2D eigenvalue weighted by atomic mass is 16.6. The molecule has 2 N–H and O–H groups in total. The molecule has 232 valence electrons. The fraction of sp³-hybridized carbons (Fsp3) is 0.452. The molecule has 0 saturated heterocycles. The van der Waals surface area contributed by atoms with Crippen LogP contribution in [0.3, 0.4) is 0 Å². The van der Waals surface area contributed by atoms with Gasteiger partial charge >= 0.3 is 11.9 Å². The number of hydrogen-bond donors (Lipinski definition) is 2. The predicted molar refractivity (Wildman–Crippen MR) is 159 cm³/mol. The number of nitrogens with zero attached hydrogens (tertiary/aromatic N) is 2. The summed E-state index contributed by atoms with van der Waals surface area (Å²) in [5.41, 5.74) is 0.943. The van der Waals surface area contributed by atoms with E-state index in [1.54, 1.807) is 13.8 Å². The molecule has 3 unspecified atom stereocenters. The van der Waals surface area contributed by atoms with Crippen LogP contribution in [0.15, 0.2) is 64.8 Å². The molecule has 2 aromatic rings. The van der Waals surface area contributed by atoms with Crippen LogP contribution in [-0.4, -0.2) is 74.3 Å². The molecule has 43 heavy (non-hydrogen) atoms. The van der Waals surface area contributed by atoms with Crippen molar-refractivity contribution in [1.29, 1.82) is 0 Å². The lowest BCUT2D eigenvalue weighted by atomic mass is 9.75. The van der Waals surface area contributed by atoms with Gasteiger partial charge in [0.05, 0.1) is 31.3 Å². The van der Waals surface area contributed by atoms with Crippen LogP contribution in [0.2, 0.25) is 0 Å². The second kappa shape index (κ2) is 16.4. The number of esters is 2. The maximum absolute atomic E-state index is 12.9. The number of methoxy groups -OCH3 is 2. The Kier molecular flexibility index (Phi) is 12.6. The van der Waals surface area contributed by atoms with Crippen molar-refractivity contribution >= 4 is 23.3 Å². The van der Waals surface area contributed by atoms with Crippen LogP contribution in [0.1, 0.15) is 44.6 Å².